The second-order valence-electron chi connectivity index (χ2n) is 7.88. The summed E-state index contributed by atoms with van der Waals surface area (Å²) in [6.07, 6.45) is 5.12. The molecule has 2 atom stereocenters. The molecular formula is C21H31N3O2S. The van der Waals surface area contributed by atoms with Gasteiger partial charge in [-0.3, -0.25) is 9.63 Å². The lowest BCUT2D eigenvalue weighted by molar-refractivity contribution is -0.168. The maximum Gasteiger partial charge on any atom is 0.245 e. The SMILES string of the molecule is CON(C)C(=O)CCCCN1CC[C@H]2[C@@H](C1)c1cccc3c1N2CCCS3. The summed E-state index contributed by atoms with van der Waals surface area (Å²) in [6, 6.07) is 7.62. The van der Waals surface area contributed by atoms with E-state index in [9.17, 15) is 4.79 Å². The predicted octanol–water partition coefficient (Wildman–Crippen LogP) is 3.35. The van der Waals surface area contributed by atoms with Crippen LogP contribution in [0.2, 0.25) is 0 Å². The van der Waals surface area contributed by atoms with Crippen LogP contribution >= 0.6 is 11.8 Å². The molecule has 3 aliphatic rings. The third kappa shape index (κ3) is 3.84. The molecule has 27 heavy (non-hydrogen) atoms. The van der Waals surface area contributed by atoms with Gasteiger partial charge in [0.2, 0.25) is 5.91 Å². The Bertz CT molecular complexity index is 683. The van der Waals surface area contributed by atoms with Gasteiger partial charge >= 0.3 is 0 Å². The number of piperidine rings is 1. The second-order valence-corrected chi connectivity index (χ2v) is 9.02. The third-order valence-corrected chi connectivity index (χ3v) is 7.45. The van der Waals surface area contributed by atoms with Crippen molar-refractivity contribution in [3.63, 3.8) is 0 Å². The third-order valence-electron chi connectivity index (χ3n) is 6.32. The van der Waals surface area contributed by atoms with Crippen molar-refractivity contribution in [2.75, 3.05) is 51.0 Å². The van der Waals surface area contributed by atoms with Gasteiger partial charge in [0.25, 0.3) is 0 Å². The van der Waals surface area contributed by atoms with Crippen molar-refractivity contribution in [3.05, 3.63) is 23.8 Å². The van der Waals surface area contributed by atoms with Crippen molar-refractivity contribution >= 4 is 23.4 Å². The molecule has 1 aromatic carbocycles. The minimum Gasteiger partial charge on any atom is -0.367 e. The van der Waals surface area contributed by atoms with E-state index in [2.05, 4.69) is 28.0 Å². The maximum atomic E-state index is 11.8. The Morgan fingerprint density at radius 2 is 2.22 bits per heavy atom. The summed E-state index contributed by atoms with van der Waals surface area (Å²) in [5, 5.41) is 1.33. The molecule has 1 aromatic rings. The molecule has 6 heteroatoms. The molecule has 0 bridgehead atoms. The largest absolute Gasteiger partial charge is 0.367 e. The molecule has 0 radical (unpaired) electrons. The summed E-state index contributed by atoms with van der Waals surface area (Å²) in [7, 11) is 3.21. The van der Waals surface area contributed by atoms with Crippen molar-refractivity contribution in [1.29, 1.82) is 0 Å². The minimum absolute atomic E-state index is 0.0658. The highest BCUT2D eigenvalue weighted by Crippen LogP contribution is 2.50. The van der Waals surface area contributed by atoms with E-state index in [1.165, 1.54) is 48.8 Å². The molecule has 0 aromatic heterocycles. The van der Waals surface area contributed by atoms with E-state index in [0.717, 1.165) is 25.9 Å². The molecule has 0 N–H and O–H groups in total. The fourth-order valence-electron chi connectivity index (χ4n) is 4.88. The lowest BCUT2D eigenvalue weighted by Gasteiger charge is -2.39. The Hall–Kier alpha value is -1.24. The van der Waals surface area contributed by atoms with E-state index in [1.54, 1.807) is 18.3 Å². The number of carbonyl (C=O) groups excluding carboxylic acids is 1. The van der Waals surface area contributed by atoms with Crippen LogP contribution in [0, 0.1) is 0 Å². The molecule has 0 saturated carbocycles. The maximum absolute atomic E-state index is 11.8. The summed E-state index contributed by atoms with van der Waals surface area (Å²) in [5.74, 6) is 1.96. The van der Waals surface area contributed by atoms with Gasteiger partial charge in [0, 0.05) is 50.0 Å². The van der Waals surface area contributed by atoms with Gasteiger partial charge in [-0.1, -0.05) is 12.1 Å². The fourth-order valence-corrected chi connectivity index (χ4v) is 5.92. The van der Waals surface area contributed by atoms with Gasteiger partial charge in [0.1, 0.15) is 0 Å². The second kappa shape index (κ2) is 8.41. The monoisotopic (exact) mass is 389 g/mol. The summed E-state index contributed by atoms with van der Waals surface area (Å²) in [6.45, 7) is 4.65. The van der Waals surface area contributed by atoms with Crippen LogP contribution in [0.5, 0.6) is 0 Å². The van der Waals surface area contributed by atoms with Crippen molar-refractivity contribution in [1.82, 2.24) is 9.96 Å². The Morgan fingerprint density at radius 1 is 1.33 bits per heavy atom. The van der Waals surface area contributed by atoms with Crippen molar-refractivity contribution in [3.8, 4) is 0 Å². The van der Waals surface area contributed by atoms with Gasteiger partial charge in [-0.15, -0.1) is 11.8 Å². The number of fused-ring (bicyclic) bond motifs is 3. The number of rotatable bonds is 6. The number of thioether (sulfide) groups is 1. The zero-order chi connectivity index (χ0) is 18.8. The summed E-state index contributed by atoms with van der Waals surface area (Å²) in [4.78, 5) is 23.6. The normalized spacial score (nSPS) is 24.3. The summed E-state index contributed by atoms with van der Waals surface area (Å²) >= 11 is 2.04. The van der Waals surface area contributed by atoms with Crippen LogP contribution in [-0.4, -0.2) is 68.0 Å². The average Bonchev–Trinajstić information content (AvgIpc) is 2.85. The highest BCUT2D eigenvalue weighted by molar-refractivity contribution is 7.99. The molecule has 4 rings (SSSR count). The van der Waals surface area contributed by atoms with Crippen LogP contribution < -0.4 is 4.90 Å². The lowest BCUT2D eigenvalue weighted by Crippen LogP contribution is -2.46. The van der Waals surface area contributed by atoms with Crippen molar-refractivity contribution in [2.24, 2.45) is 0 Å². The van der Waals surface area contributed by atoms with Crippen LogP contribution in [0.25, 0.3) is 0 Å². The van der Waals surface area contributed by atoms with Gasteiger partial charge in [-0.2, -0.15) is 0 Å². The number of hydrogen-bond acceptors (Lipinski definition) is 5. The van der Waals surface area contributed by atoms with Crippen LogP contribution in [0.1, 0.15) is 43.6 Å². The Labute approximate surface area is 167 Å². The summed E-state index contributed by atoms with van der Waals surface area (Å²) in [5.41, 5.74) is 3.12. The number of amides is 1. The number of likely N-dealkylation sites (tertiary alicyclic amines) is 1. The highest BCUT2D eigenvalue weighted by Gasteiger charge is 2.43. The first-order valence-electron chi connectivity index (χ1n) is 10.2. The number of hydroxylamine groups is 2. The van der Waals surface area contributed by atoms with Crippen LogP contribution in [0.3, 0.4) is 0 Å². The van der Waals surface area contributed by atoms with Gasteiger partial charge in [-0.05, 0) is 49.6 Å². The molecule has 5 nitrogen and oxygen atoms in total. The first-order chi connectivity index (χ1) is 13.2. The number of unbranched alkanes of at least 4 members (excludes halogenated alkanes) is 1. The average molecular weight is 390 g/mol. The van der Waals surface area contributed by atoms with E-state index in [0.29, 0.717) is 18.4 Å². The predicted molar refractivity (Wildman–Crippen MR) is 110 cm³/mol. The number of para-hydroxylation sites is 1. The van der Waals surface area contributed by atoms with E-state index < -0.39 is 0 Å². The molecule has 0 aliphatic carbocycles. The van der Waals surface area contributed by atoms with Gasteiger partial charge in [0.15, 0.2) is 0 Å². The molecule has 3 aliphatic heterocycles. The molecule has 1 fully saturated rings. The van der Waals surface area contributed by atoms with E-state index in [-0.39, 0.29) is 5.91 Å². The van der Waals surface area contributed by atoms with Crippen LogP contribution in [-0.2, 0) is 9.63 Å². The first kappa shape index (κ1) is 19.1. The fraction of sp³-hybridized carbons (Fsp3) is 0.667. The summed E-state index contributed by atoms with van der Waals surface area (Å²) < 4.78 is 0. The molecular weight excluding hydrogens is 358 g/mol. The standard InChI is InChI=1S/C21H31N3O2S/c1-22(26-2)20(25)9-3-4-11-23-13-10-18-17(15-23)16-7-5-8-19-21(16)24(18)12-6-14-27-19/h5,7-8,17-18H,3-4,6,9-15H2,1-2H3/t17-,18-/m0/s1. The zero-order valence-corrected chi connectivity index (χ0v) is 17.3. The van der Waals surface area contributed by atoms with Gasteiger partial charge < -0.3 is 9.80 Å². The Balaban J connectivity index is 1.35. The number of carbonyl (C=O) groups is 1. The van der Waals surface area contributed by atoms with Crippen LogP contribution in [0.15, 0.2) is 23.1 Å². The van der Waals surface area contributed by atoms with E-state index in [4.69, 9.17) is 4.84 Å². The van der Waals surface area contributed by atoms with Gasteiger partial charge in [0.05, 0.1) is 12.8 Å². The molecule has 1 saturated heterocycles. The number of hydrogen-bond donors (Lipinski definition) is 0. The Morgan fingerprint density at radius 3 is 3.07 bits per heavy atom. The number of anilines is 1. The number of nitrogens with zero attached hydrogens (tertiary/aromatic N) is 3. The van der Waals surface area contributed by atoms with E-state index >= 15 is 0 Å². The van der Waals surface area contributed by atoms with Gasteiger partial charge in [-0.25, -0.2) is 5.06 Å². The molecule has 1 amide bonds. The lowest BCUT2D eigenvalue weighted by atomic mass is 9.89. The molecule has 0 unspecified atom stereocenters. The minimum atomic E-state index is 0.0658. The topological polar surface area (TPSA) is 36.0 Å². The van der Waals surface area contributed by atoms with Crippen molar-refractivity contribution < 1.29 is 9.63 Å². The quantitative estimate of drug-likeness (QED) is 0.551. The molecule has 148 valence electrons. The smallest absolute Gasteiger partial charge is 0.245 e. The Kier molecular flexibility index (Phi) is 5.95. The molecule has 3 heterocycles. The molecule has 0 spiro atoms. The highest BCUT2D eigenvalue weighted by atomic mass is 32.2. The first-order valence-corrected chi connectivity index (χ1v) is 11.2. The number of benzene rings is 1. The zero-order valence-electron chi connectivity index (χ0n) is 16.5. The van der Waals surface area contributed by atoms with E-state index in [1.807, 2.05) is 11.8 Å². The van der Waals surface area contributed by atoms with Crippen molar-refractivity contribution in [2.45, 2.75) is 49.0 Å². The van der Waals surface area contributed by atoms with Crippen LogP contribution in [0.4, 0.5) is 5.69 Å².